The third kappa shape index (κ3) is 4.11. The highest BCUT2D eigenvalue weighted by atomic mass is 19.1. The Morgan fingerprint density at radius 1 is 1.00 bits per heavy atom. The van der Waals surface area contributed by atoms with Gasteiger partial charge in [-0.2, -0.15) is 0 Å². The molecule has 0 bridgehead atoms. The van der Waals surface area contributed by atoms with Gasteiger partial charge in [0.25, 0.3) is 0 Å². The molecule has 1 aliphatic carbocycles. The van der Waals surface area contributed by atoms with Crippen LogP contribution in [0.3, 0.4) is 0 Å². The van der Waals surface area contributed by atoms with E-state index >= 15 is 0 Å². The number of para-hydroxylation sites is 1. The Labute approximate surface area is 170 Å². The molecule has 1 aliphatic heterocycles. The Morgan fingerprint density at radius 2 is 1.72 bits per heavy atom. The topological polar surface area (TPSA) is 52.7 Å². The number of piperazine rings is 1. The fraction of sp³-hybridized carbons (Fsp3) is 0.391. The van der Waals surface area contributed by atoms with Crippen molar-refractivity contribution in [2.75, 3.05) is 36.4 Å². The van der Waals surface area contributed by atoms with E-state index in [-0.39, 0.29) is 29.5 Å². The van der Waals surface area contributed by atoms with Crippen LogP contribution in [0, 0.1) is 31.5 Å². The van der Waals surface area contributed by atoms with E-state index in [4.69, 9.17) is 0 Å². The number of benzene rings is 2. The van der Waals surface area contributed by atoms with Crippen LogP contribution in [0.5, 0.6) is 0 Å². The summed E-state index contributed by atoms with van der Waals surface area (Å²) in [4.78, 5) is 29.2. The molecular formula is C23H26FN3O2. The maximum absolute atomic E-state index is 14.0. The molecule has 2 unspecified atom stereocenters. The number of hydrogen-bond acceptors (Lipinski definition) is 3. The van der Waals surface area contributed by atoms with E-state index in [9.17, 15) is 14.0 Å². The summed E-state index contributed by atoms with van der Waals surface area (Å²) in [6.45, 7) is 6.24. The van der Waals surface area contributed by atoms with Crippen molar-refractivity contribution in [1.29, 1.82) is 0 Å². The number of nitrogens with one attached hydrogen (secondary N) is 1. The molecule has 2 aromatic carbocycles. The van der Waals surface area contributed by atoms with Gasteiger partial charge in [-0.25, -0.2) is 4.39 Å². The zero-order valence-electron chi connectivity index (χ0n) is 16.8. The summed E-state index contributed by atoms with van der Waals surface area (Å²) < 4.78 is 14.0. The number of amides is 2. The van der Waals surface area contributed by atoms with Gasteiger partial charge >= 0.3 is 0 Å². The van der Waals surface area contributed by atoms with Crippen LogP contribution in [0.25, 0.3) is 0 Å². The average molecular weight is 395 g/mol. The number of hydrogen-bond donors (Lipinski definition) is 1. The SMILES string of the molecule is Cc1ccc(C)c(NC(=O)C2CC2C(=O)N2CCN(c3ccccc3F)CC2)c1. The van der Waals surface area contributed by atoms with E-state index in [2.05, 4.69) is 5.32 Å². The van der Waals surface area contributed by atoms with Crippen LogP contribution in [-0.4, -0.2) is 42.9 Å². The third-order valence-electron chi connectivity index (χ3n) is 5.88. The maximum atomic E-state index is 14.0. The van der Waals surface area contributed by atoms with Gasteiger partial charge in [0, 0.05) is 31.9 Å². The zero-order valence-corrected chi connectivity index (χ0v) is 16.8. The van der Waals surface area contributed by atoms with E-state index < -0.39 is 0 Å². The van der Waals surface area contributed by atoms with Gasteiger partial charge in [-0.15, -0.1) is 0 Å². The van der Waals surface area contributed by atoms with Gasteiger partial charge in [-0.3, -0.25) is 9.59 Å². The van der Waals surface area contributed by atoms with Gasteiger partial charge in [-0.1, -0.05) is 24.3 Å². The molecule has 1 N–H and O–H groups in total. The van der Waals surface area contributed by atoms with E-state index in [1.54, 1.807) is 12.1 Å². The predicted molar refractivity (Wildman–Crippen MR) is 111 cm³/mol. The van der Waals surface area contributed by atoms with E-state index in [1.165, 1.54) is 6.07 Å². The molecule has 5 nitrogen and oxygen atoms in total. The largest absolute Gasteiger partial charge is 0.366 e. The summed E-state index contributed by atoms with van der Waals surface area (Å²) in [5.41, 5.74) is 3.49. The average Bonchev–Trinajstić information content (AvgIpc) is 3.52. The highest BCUT2D eigenvalue weighted by molar-refractivity contribution is 6.00. The maximum Gasteiger partial charge on any atom is 0.228 e. The number of anilines is 2. The molecular weight excluding hydrogens is 369 g/mol. The van der Waals surface area contributed by atoms with Crippen LogP contribution in [-0.2, 0) is 9.59 Å². The van der Waals surface area contributed by atoms with Gasteiger partial charge in [0.05, 0.1) is 17.5 Å². The van der Waals surface area contributed by atoms with Crippen molar-refractivity contribution >= 4 is 23.2 Å². The summed E-state index contributed by atoms with van der Waals surface area (Å²) in [6.07, 6.45) is 0.600. The molecule has 2 amide bonds. The first-order valence-corrected chi connectivity index (χ1v) is 10.1. The van der Waals surface area contributed by atoms with Crippen LogP contribution in [0.4, 0.5) is 15.8 Å². The smallest absolute Gasteiger partial charge is 0.228 e. The zero-order chi connectivity index (χ0) is 20.5. The van der Waals surface area contributed by atoms with E-state index in [0.29, 0.717) is 38.3 Å². The summed E-state index contributed by atoms with van der Waals surface area (Å²) >= 11 is 0. The Balaban J connectivity index is 1.31. The number of carbonyl (C=O) groups excluding carboxylic acids is 2. The predicted octanol–water partition coefficient (Wildman–Crippen LogP) is 3.37. The second-order valence-corrected chi connectivity index (χ2v) is 8.02. The van der Waals surface area contributed by atoms with Crippen molar-refractivity contribution in [3.8, 4) is 0 Å². The number of halogens is 1. The van der Waals surface area contributed by atoms with Crippen LogP contribution in [0.2, 0.25) is 0 Å². The molecule has 2 atom stereocenters. The van der Waals surface area contributed by atoms with Crippen molar-refractivity contribution in [3.63, 3.8) is 0 Å². The highest BCUT2D eigenvalue weighted by Gasteiger charge is 2.49. The molecule has 0 radical (unpaired) electrons. The molecule has 1 heterocycles. The standard InChI is InChI=1S/C23H26FN3O2/c1-15-7-8-16(2)20(13-15)25-22(28)17-14-18(17)23(29)27-11-9-26(10-12-27)21-6-4-3-5-19(21)24/h3-8,13,17-18H,9-12,14H2,1-2H3,(H,25,28). The van der Waals surface area contributed by atoms with E-state index in [1.807, 2.05) is 47.9 Å². The minimum absolute atomic E-state index is 0.0410. The van der Waals surface area contributed by atoms with Crippen molar-refractivity contribution in [1.82, 2.24) is 4.90 Å². The summed E-state index contributed by atoms with van der Waals surface area (Å²) in [5.74, 6) is -0.772. The number of aryl methyl sites for hydroxylation is 2. The first-order chi connectivity index (χ1) is 13.9. The molecule has 6 heteroatoms. The number of nitrogens with zero attached hydrogens (tertiary/aromatic N) is 2. The Bertz CT molecular complexity index is 937. The van der Waals surface area contributed by atoms with Crippen LogP contribution in [0.15, 0.2) is 42.5 Å². The minimum Gasteiger partial charge on any atom is -0.366 e. The van der Waals surface area contributed by atoms with Crippen molar-refractivity contribution in [2.45, 2.75) is 20.3 Å². The second-order valence-electron chi connectivity index (χ2n) is 8.02. The third-order valence-corrected chi connectivity index (χ3v) is 5.88. The Kier molecular flexibility index (Phi) is 5.26. The molecule has 1 saturated carbocycles. The first kappa shape index (κ1) is 19.4. The number of rotatable bonds is 4. The molecule has 2 aromatic rings. The fourth-order valence-corrected chi connectivity index (χ4v) is 3.96. The van der Waals surface area contributed by atoms with E-state index in [0.717, 1.165) is 16.8 Å². The van der Waals surface area contributed by atoms with Crippen LogP contribution >= 0.6 is 0 Å². The minimum atomic E-state index is -0.257. The molecule has 2 aliphatic rings. The lowest BCUT2D eigenvalue weighted by molar-refractivity contribution is -0.134. The molecule has 4 rings (SSSR count). The first-order valence-electron chi connectivity index (χ1n) is 10.1. The molecule has 1 saturated heterocycles. The van der Waals surface area contributed by atoms with Gasteiger partial charge in [-0.05, 0) is 49.6 Å². The van der Waals surface area contributed by atoms with Gasteiger partial charge in [0.15, 0.2) is 0 Å². The lowest BCUT2D eigenvalue weighted by atomic mass is 10.1. The van der Waals surface area contributed by atoms with Gasteiger partial charge < -0.3 is 15.1 Å². The van der Waals surface area contributed by atoms with Crippen LogP contribution in [0.1, 0.15) is 17.5 Å². The molecule has 2 fully saturated rings. The molecule has 0 aromatic heterocycles. The van der Waals surface area contributed by atoms with Gasteiger partial charge in [0.1, 0.15) is 5.82 Å². The second kappa shape index (κ2) is 7.85. The fourth-order valence-electron chi connectivity index (χ4n) is 3.96. The van der Waals surface area contributed by atoms with Crippen molar-refractivity contribution in [2.24, 2.45) is 11.8 Å². The highest BCUT2D eigenvalue weighted by Crippen LogP contribution is 2.41. The van der Waals surface area contributed by atoms with Crippen LogP contribution < -0.4 is 10.2 Å². The summed E-state index contributed by atoms with van der Waals surface area (Å²) in [6, 6.07) is 12.7. The lowest BCUT2D eigenvalue weighted by Gasteiger charge is -2.36. The van der Waals surface area contributed by atoms with Crippen molar-refractivity contribution in [3.05, 3.63) is 59.4 Å². The van der Waals surface area contributed by atoms with Gasteiger partial charge in [0.2, 0.25) is 11.8 Å². The summed E-state index contributed by atoms with van der Waals surface area (Å²) in [7, 11) is 0. The Hall–Kier alpha value is -2.89. The molecule has 0 spiro atoms. The monoisotopic (exact) mass is 395 g/mol. The normalized spacial score (nSPS) is 21.1. The lowest BCUT2D eigenvalue weighted by Crippen LogP contribution is -2.49. The molecule has 29 heavy (non-hydrogen) atoms. The summed E-state index contributed by atoms with van der Waals surface area (Å²) in [5, 5.41) is 2.98. The molecule has 152 valence electrons. The van der Waals surface area contributed by atoms with Crippen molar-refractivity contribution < 1.29 is 14.0 Å². The number of carbonyl (C=O) groups is 2. The quantitative estimate of drug-likeness (QED) is 0.864. The Morgan fingerprint density at radius 3 is 2.45 bits per heavy atom.